The van der Waals surface area contributed by atoms with Crippen LogP contribution in [0.25, 0.3) is 11.0 Å². The number of hydrogen-bond donors (Lipinski definition) is 2. The Labute approximate surface area is 179 Å². The van der Waals surface area contributed by atoms with Gasteiger partial charge in [-0.05, 0) is 49.2 Å². The molecule has 0 bridgehead atoms. The van der Waals surface area contributed by atoms with Crippen molar-refractivity contribution in [1.82, 2.24) is 9.97 Å². The van der Waals surface area contributed by atoms with E-state index in [-0.39, 0.29) is 17.6 Å². The summed E-state index contributed by atoms with van der Waals surface area (Å²) in [4.78, 5) is 35.4. The first kappa shape index (κ1) is 20.2. The van der Waals surface area contributed by atoms with Gasteiger partial charge in [0.2, 0.25) is 11.8 Å². The van der Waals surface area contributed by atoms with Gasteiger partial charge >= 0.3 is 0 Å². The van der Waals surface area contributed by atoms with Crippen molar-refractivity contribution in [2.24, 2.45) is 0 Å². The molecular formula is C22H23N5O2S. The molecule has 8 heteroatoms. The fourth-order valence-electron chi connectivity index (χ4n) is 3.38. The number of fused-ring (bicyclic) bond motifs is 1. The Kier molecular flexibility index (Phi) is 6.13. The first-order chi connectivity index (χ1) is 14.6. The second-order valence-electron chi connectivity index (χ2n) is 7.13. The molecule has 1 saturated heterocycles. The number of aromatic nitrogens is 2. The van der Waals surface area contributed by atoms with E-state index in [9.17, 15) is 9.59 Å². The van der Waals surface area contributed by atoms with Crippen molar-refractivity contribution < 1.29 is 9.59 Å². The Hall–Kier alpha value is -3.13. The van der Waals surface area contributed by atoms with E-state index in [0.29, 0.717) is 11.4 Å². The van der Waals surface area contributed by atoms with Crippen molar-refractivity contribution in [2.75, 3.05) is 34.4 Å². The summed E-state index contributed by atoms with van der Waals surface area (Å²) in [5.74, 6) is 0.855. The molecule has 154 valence electrons. The minimum absolute atomic E-state index is 0.116. The average molecular weight is 422 g/mol. The minimum atomic E-state index is -0.131. The predicted octanol–water partition coefficient (Wildman–Crippen LogP) is 3.92. The van der Waals surface area contributed by atoms with Crippen molar-refractivity contribution >= 4 is 51.8 Å². The number of anilines is 3. The largest absolute Gasteiger partial charge is 0.354 e. The SMILES string of the molecule is CC(=O)Nc1ccc(NC(=O)CSc2nc3ccccc3nc2N2CCCC2)cc1. The Bertz CT molecular complexity index is 1060. The number of benzene rings is 2. The molecule has 0 unspecified atom stereocenters. The van der Waals surface area contributed by atoms with Gasteiger partial charge in [0.15, 0.2) is 5.82 Å². The summed E-state index contributed by atoms with van der Waals surface area (Å²) in [6.45, 7) is 3.39. The van der Waals surface area contributed by atoms with Gasteiger partial charge in [-0.1, -0.05) is 23.9 Å². The van der Waals surface area contributed by atoms with Gasteiger partial charge in [0, 0.05) is 31.4 Å². The summed E-state index contributed by atoms with van der Waals surface area (Å²) in [6.07, 6.45) is 2.29. The van der Waals surface area contributed by atoms with Crippen LogP contribution < -0.4 is 15.5 Å². The summed E-state index contributed by atoms with van der Waals surface area (Å²) >= 11 is 1.40. The van der Waals surface area contributed by atoms with E-state index in [4.69, 9.17) is 9.97 Å². The lowest BCUT2D eigenvalue weighted by atomic mass is 10.3. The maximum absolute atomic E-state index is 12.5. The van der Waals surface area contributed by atoms with Crippen molar-refractivity contribution in [3.63, 3.8) is 0 Å². The maximum Gasteiger partial charge on any atom is 0.234 e. The van der Waals surface area contributed by atoms with Crippen molar-refractivity contribution in [1.29, 1.82) is 0 Å². The van der Waals surface area contributed by atoms with Gasteiger partial charge in [-0.3, -0.25) is 9.59 Å². The smallest absolute Gasteiger partial charge is 0.234 e. The number of rotatable bonds is 6. The standard InChI is InChI=1S/C22H23N5O2S/c1-15(28)23-16-8-10-17(11-9-16)24-20(29)14-30-22-21(27-12-4-5-13-27)25-18-6-2-3-7-19(18)26-22/h2-3,6-11H,4-5,12-14H2,1H3,(H,23,28)(H,24,29). The number of thioether (sulfide) groups is 1. The van der Waals surface area contributed by atoms with Crippen LogP contribution >= 0.6 is 11.8 Å². The fraction of sp³-hybridized carbons (Fsp3) is 0.273. The molecule has 7 nitrogen and oxygen atoms in total. The van der Waals surface area contributed by atoms with Crippen LogP contribution in [-0.2, 0) is 9.59 Å². The van der Waals surface area contributed by atoms with Crippen LogP contribution in [0.15, 0.2) is 53.6 Å². The van der Waals surface area contributed by atoms with E-state index in [1.807, 2.05) is 24.3 Å². The lowest BCUT2D eigenvalue weighted by Crippen LogP contribution is -2.21. The Morgan fingerprint density at radius 2 is 1.53 bits per heavy atom. The van der Waals surface area contributed by atoms with Gasteiger partial charge in [0.25, 0.3) is 0 Å². The molecule has 0 spiro atoms. The first-order valence-electron chi connectivity index (χ1n) is 9.90. The van der Waals surface area contributed by atoms with E-state index in [1.54, 1.807) is 24.3 Å². The molecule has 2 N–H and O–H groups in total. The molecule has 0 radical (unpaired) electrons. The third kappa shape index (κ3) is 4.88. The molecule has 1 aliphatic heterocycles. The monoisotopic (exact) mass is 421 g/mol. The zero-order valence-corrected chi connectivity index (χ0v) is 17.5. The molecule has 2 aromatic carbocycles. The summed E-state index contributed by atoms with van der Waals surface area (Å²) in [7, 11) is 0. The highest BCUT2D eigenvalue weighted by Crippen LogP contribution is 2.31. The number of nitrogens with one attached hydrogen (secondary N) is 2. The number of carbonyl (C=O) groups excluding carboxylic acids is 2. The number of amides is 2. The lowest BCUT2D eigenvalue weighted by Gasteiger charge is -2.19. The van der Waals surface area contributed by atoms with E-state index in [0.717, 1.165) is 47.8 Å². The second kappa shape index (κ2) is 9.13. The quantitative estimate of drug-likeness (QED) is 0.587. The summed E-state index contributed by atoms with van der Waals surface area (Å²) < 4.78 is 0. The van der Waals surface area contributed by atoms with Crippen LogP contribution in [0, 0.1) is 0 Å². The fourth-order valence-corrected chi connectivity index (χ4v) is 4.18. The third-order valence-electron chi connectivity index (χ3n) is 4.76. The number of para-hydroxylation sites is 2. The Morgan fingerprint density at radius 1 is 0.933 bits per heavy atom. The van der Waals surface area contributed by atoms with Crippen LogP contribution in [0.2, 0.25) is 0 Å². The molecule has 0 atom stereocenters. The van der Waals surface area contributed by atoms with Crippen LogP contribution in [-0.4, -0.2) is 40.6 Å². The van der Waals surface area contributed by atoms with E-state index in [2.05, 4.69) is 15.5 Å². The van der Waals surface area contributed by atoms with E-state index >= 15 is 0 Å². The van der Waals surface area contributed by atoms with Gasteiger partial charge in [0.05, 0.1) is 16.8 Å². The van der Waals surface area contributed by atoms with Crippen LogP contribution in [0.4, 0.5) is 17.2 Å². The van der Waals surface area contributed by atoms with Crippen molar-refractivity contribution in [2.45, 2.75) is 24.8 Å². The molecule has 1 fully saturated rings. The topological polar surface area (TPSA) is 87.2 Å². The molecule has 30 heavy (non-hydrogen) atoms. The molecule has 1 aliphatic rings. The summed E-state index contributed by atoms with van der Waals surface area (Å²) in [5, 5.41) is 6.37. The Morgan fingerprint density at radius 3 is 2.17 bits per heavy atom. The van der Waals surface area contributed by atoms with Crippen LogP contribution in [0.5, 0.6) is 0 Å². The van der Waals surface area contributed by atoms with E-state index < -0.39 is 0 Å². The van der Waals surface area contributed by atoms with Gasteiger partial charge in [0.1, 0.15) is 5.03 Å². The van der Waals surface area contributed by atoms with Crippen molar-refractivity contribution in [3.05, 3.63) is 48.5 Å². The van der Waals surface area contributed by atoms with Gasteiger partial charge < -0.3 is 15.5 Å². The van der Waals surface area contributed by atoms with Crippen molar-refractivity contribution in [3.8, 4) is 0 Å². The molecule has 0 aliphatic carbocycles. The molecule has 3 aromatic rings. The van der Waals surface area contributed by atoms with E-state index in [1.165, 1.54) is 18.7 Å². The summed E-state index contributed by atoms with van der Waals surface area (Å²) in [5.41, 5.74) is 3.07. The summed E-state index contributed by atoms with van der Waals surface area (Å²) in [6, 6.07) is 14.8. The minimum Gasteiger partial charge on any atom is -0.354 e. The van der Waals surface area contributed by atoms with Gasteiger partial charge in [-0.2, -0.15) is 0 Å². The number of hydrogen-bond acceptors (Lipinski definition) is 6. The molecule has 2 heterocycles. The lowest BCUT2D eigenvalue weighted by molar-refractivity contribution is -0.114. The Balaban J connectivity index is 1.45. The first-order valence-corrected chi connectivity index (χ1v) is 10.9. The highest BCUT2D eigenvalue weighted by Gasteiger charge is 2.20. The zero-order chi connectivity index (χ0) is 20.9. The second-order valence-corrected chi connectivity index (χ2v) is 8.09. The predicted molar refractivity (Wildman–Crippen MR) is 121 cm³/mol. The molecule has 1 aromatic heterocycles. The molecule has 4 rings (SSSR count). The molecular weight excluding hydrogens is 398 g/mol. The third-order valence-corrected chi connectivity index (χ3v) is 5.71. The average Bonchev–Trinajstić information content (AvgIpc) is 3.27. The maximum atomic E-state index is 12.5. The normalized spacial score (nSPS) is 13.4. The zero-order valence-electron chi connectivity index (χ0n) is 16.7. The van der Waals surface area contributed by atoms with Gasteiger partial charge in [-0.25, -0.2) is 9.97 Å². The highest BCUT2D eigenvalue weighted by molar-refractivity contribution is 8.00. The van der Waals surface area contributed by atoms with Gasteiger partial charge in [-0.15, -0.1) is 0 Å². The number of nitrogens with zero attached hydrogens (tertiary/aromatic N) is 3. The van der Waals surface area contributed by atoms with Crippen LogP contribution in [0.1, 0.15) is 19.8 Å². The van der Waals surface area contributed by atoms with Crippen LogP contribution in [0.3, 0.4) is 0 Å². The molecule has 2 amide bonds. The molecule has 0 saturated carbocycles. The number of carbonyl (C=O) groups is 2. The highest BCUT2D eigenvalue weighted by atomic mass is 32.2.